The predicted molar refractivity (Wildman–Crippen MR) is 114 cm³/mol. The molecule has 1 saturated carbocycles. The van der Waals surface area contributed by atoms with Gasteiger partial charge in [-0.05, 0) is 30.7 Å². The lowest BCUT2D eigenvalue weighted by Gasteiger charge is -2.30. The molecule has 1 saturated heterocycles. The van der Waals surface area contributed by atoms with Crippen LogP contribution in [0.1, 0.15) is 63.2 Å². The van der Waals surface area contributed by atoms with Crippen molar-refractivity contribution in [3.63, 3.8) is 0 Å². The summed E-state index contributed by atoms with van der Waals surface area (Å²) in [6, 6.07) is 2.42. The van der Waals surface area contributed by atoms with Crippen LogP contribution < -0.4 is 21.3 Å². The van der Waals surface area contributed by atoms with Crippen molar-refractivity contribution in [1.29, 1.82) is 0 Å². The van der Waals surface area contributed by atoms with Crippen molar-refractivity contribution in [2.45, 2.75) is 75.8 Å². The van der Waals surface area contributed by atoms with E-state index in [0.29, 0.717) is 6.54 Å². The second-order valence-electron chi connectivity index (χ2n) is 8.10. The molecule has 4 N–H and O–H groups in total. The first-order chi connectivity index (χ1) is 14.4. The summed E-state index contributed by atoms with van der Waals surface area (Å²) < 4.78 is 0. The minimum absolute atomic E-state index is 0.0419. The van der Waals surface area contributed by atoms with Crippen molar-refractivity contribution in [3.8, 4) is 0 Å². The molecule has 0 radical (unpaired) electrons. The third-order valence-corrected chi connectivity index (χ3v) is 6.99. The average Bonchev–Trinajstić information content (AvgIpc) is 3.46. The van der Waals surface area contributed by atoms with Crippen molar-refractivity contribution in [2.24, 2.45) is 0 Å². The van der Waals surface area contributed by atoms with E-state index in [9.17, 15) is 19.2 Å². The van der Waals surface area contributed by atoms with E-state index in [0.717, 1.165) is 49.8 Å². The topological polar surface area (TPSA) is 116 Å². The second-order valence-corrected chi connectivity index (χ2v) is 9.05. The Morgan fingerprint density at radius 2 is 2.07 bits per heavy atom. The van der Waals surface area contributed by atoms with Crippen LogP contribution in [0.3, 0.4) is 0 Å². The molecular weight excluding hydrogens is 404 g/mol. The summed E-state index contributed by atoms with van der Waals surface area (Å²) >= 11 is 1.63. The van der Waals surface area contributed by atoms with Crippen molar-refractivity contribution in [2.75, 3.05) is 6.54 Å². The minimum atomic E-state index is -0.846. The fourth-order valence-corrected chi connectivity index (χ4v) is 5.19. The number of thiophene rings is 1. The third kappa shape index (κ3) is 5.19. The Morgan fingerprint density at radius 1 is 1.30 bits per heavy atom. The molecule has 3 rings (SSSR count). The zero-order chi connectivity index (χ0) is 21.6. The Labute approximate surface area is 180 Å². The standard InChI is InChI=1S/C21H30N4O4S/c1-2-3-7-14(13-22-17(26)12-15-18(27)25-20(29)24-15)23-19(28)21(9-4-5-10-21)16-8-6-11-30-16/h6,8,11,14-15H,2-5,7,9-10,12-13H2,1H3,(H,22,26)(H,23,28)(H2,24,25,27,29). The molecule has 5 amide bonds. The first-order valence-electron chi connectivity index (χ1n) is 10.7. The van der Waals surface area contributed by atoms with Gasteiger partial charge in [0.2, 0.25) is 11.8 Å². The van der Waals surface area contributed by atoms with Crippen molar-refractivity contribution in [1.82, 2.24) is 21.3 Å². The first kappa shape index (κ1) is 22.3. The Balaban J connectivity index is 1.58. The van der Waals surface area contributed by atoms with Crippen LogP contribution in [0.5, 0.6) is 0 Å². The molecule has 0 bridgehead atoms. The molecule has 0 spiro atoms. The summed E-state index contributed by atoms with van der Waals surface area (Å²) in [4.78, 5) is 49.5. The third-order valence-electron chi connectivity index (χ3n) is 5.92. The predicted octanol–water partition coefficient (Wildman–Crippen LogP) is 1.95. The van der Waals surface area contributed by atoms with Crippen LogP contribution in [0, 0.1) is 0 Å². The highest BCUT2D eigenvalue weighted by molar-refractivity contribution is 7.10. The van der Waals surface area contributed by atoms with E-state index in [1.54, 1.807) is 11.3 Å². The van der Waals surface area contributed by atoms with Gasteiger partial charge in [0, 0.05) is 17.5 Å². The average molecular weight is 435 g/mol. The van der Waals surface area contributed by atoms with Gasteiger partial charge in [0.25, 0.3) is 5.91 Å². The fraction of sp³-hybridized carbons (Fsp3) is 0.619. The van der Waals surface area contributed by atoms with Gasteiger partial charge >= 0.3 is 6.03 Å². The highest BCUT2D eigenvalue weighted by Crippen LogP contribution is 2.43. The number of hydrogen-bond donors (Lipinski definition) is 4. The number of hydrogen-bond acceptors (Lipinski definition) is 5. The lowest BCUT2D eigenvalue weighted by Crippen LogP contribution is -2.50. The lowest BCUT2D eigenvalue weighted by molar-refractivity contribution is -0.128. The number of unbranched alkanes of at least 4 members (excludes halogenated alkanes) is 1. The number of rotatable bonds is 10. The molecule has 30 heavy (non-hydrogen) atoms. The number of amides is 5. The van der Waals surface area contributed by atoms with Crippen molar-refractivity contribution in [3.05, 3.63) is 22.4 Å². The van der Waals surface area contributed by atoms with Gasteiger partial charge in [-0.1, -0.05) is 38.7 Å². The van der Waals surface area contributed by atoms with Gasteiger partial charge in [0.15, 0.2) is 0 Å². The molecule has 2 aliphatic rings. The van der Waals surface area contributed by atoms with Crippen LogP contribution in [0.4, 0.5) is 4.79 Å². The van der Waals surface area contributed by atoms with E-state index in [1.807, 2.05) is 17.5 Å². The molecule has 2 heterocycles. The molecule has 1 aromatic heterocycles. The van der Waals surface area contributed by atoms with E-state index >= 15 is 0 Å². The summed E-state index contributed by atoms with van der Waals surface area (Å²) in [5.74, 6) is -0.785. The van der Waals surface area contributed by atoms with Crippen molar-refractivity contribution < 1.29 is 19.2 Å². The van der Waals surface area contributed by atoms with Gasteiger partial charge < -0.3 is 16.0 Å². The summed E-state index contributed by atoms with van der Waals surface area (Å²) in [6.45, 7) is 2.39. The Kier molecular flexibility index (Phi) is 7.47. The monoisotopic (exact) mass is 434 g/mol. The zero-order valence-electron chi connectivity index (χ0n) is 17.3. The number of carbonyl (C=O) groups is 4. The molecule has 2 atom stereocenters. The van der Waals surface area contributed by atoms with Gasteiger partial charge in [-0.15, -0.1) is 11.3 Å². The van der Waals surface area contributed by atoms with E-state index in [2.05, 4.69) is 28.2 Å². The van der Waals surface area contributed by atoms with Crippen molar-refractivity contribution >= 4 is 35.1 Å². The number of carbonyl (C=O) groups excluding carboxylic acids is 4. The Bertz CT molecular complexity index is 774. The molecule has 2 fully saturated rings. The molecule has 9 heteroatoms. The molecule has 8 nitrogen and oxygen atoms in total. The number of imide groups is 1. The maximum Gasteiger partial charge on any atom is 0.322 e. The molecule has 164 valence electrons. The van der Waals surface area contributed by atoms with Gasteiger partial charge in [-0.25, -0.2) is 4.79 Å². The fourth-order valence-electron chi connectivity index (χ4n) is 4.21. The second kappa shape index (κ2) is 10.1. The zero-order valence-corrected chi connectivity index (χ0v) is 18.1. The number of nitrogens with one attached hydrogen (secondary N) is 4. The van der Waals surface area contributed by atoms with Gasteiger partial charge in [-0.2, -0.15) is 0 Å². The highest BCUT2D eigenvalue weighted by atomic mass is 32.1. The van der Waals surface area contributed by atoms with E-state index in [4.69, 9.17) is 0 Å². The summed E-state index contributed by atoms with van der Waals surface area (Å²) in [7, 11) is 0. The van der Waals surface area contributed by atoms with Crippen LogP contribution in [0.15, 0.2) is 17.5 Å². The van der Waals surface area contributed by atoms with Crippen LogP contribution in [0.2, 0.25) is 0 Å². The Hall–Kier alpha value is -2.42. The molecule has 1 aliphatic carbocycles. The lowest BCUT2D eigenvalue weighted by atomic mass is 9.83. The molecular formula is C21H30N4O4S. The highest BCUT2D eigenvalue weighted by Gasteiger charge is 2.44. The number of urea groups is 1. The maximum absolute atomic E-state index is 13.3. The minimum Gasteiger partial charge on any atom is -0.354 e. The normalized spacial score (nSPS) is 21.0. The summed E-state index contributed by atoms with van der Waals surface area (Å²) in [5, 5.41) is 12.5. The van der Waals surface area contributed by atoms with Gasteiger partial charge in [0.1, 0.15) is 6.04 Å². The smallest absolute Gasteiger partial charge is 0.322 e. The SMILES string of the molecule is CCCCC(CNC(=O)CC1NC(=O)NC1=O)NC(=O)C1(c2cccs2)CCCC1. The van der Waals surface area contributed by atoms with Crippen LogP contribution in [-0.2, 0) is 19.8 Å². The molecule has 0 aromatic carbocycles. The molecule has 1 aliphatic heterocycles. The maximum atomic E-state index is 13.3. The van der Waals surface area contributed by atoms with E-state index < -0.39 is 23.4 Å². The summed E-state index contributed by atoms with van der Waals surface area (Å²) in [6.07, 6.45) is 6.35. The van der Waals surface area contributed by atoms with Crippen LogP contribution in [-0.4, -0.2) is 42.4 Å². The molecule has 2 unspecified atom stereocenters. The first-order valence-corrected chi connectivity index (χ1v) is 11.6. The van der Waals surface area contributed by atoms with Gasteiger partial charge in [-0.3, -0.25) is 19.7 Å². The van der Waals surface area contributed by atoms with Gasteiger partial charge in [0.05, 0.1) is 11.8 Å². The largest absolute Gasteiger partial charge is 0.354 e. The quantitative estimate of drug-likeness (QED) is 0.421. The summed E-state index contributed by atoms with van der Waals surface area (Å²) in [5.41, 5.74) is -0.463. The van der Waals surface area contributed by atoms with Crippen LogP contribution >= 0.6 is 11.3 Å². The Morgan fingerprint density at radius 3 is 2.67 bits per heavy atom. The van der Waals surface area contributed by atoms with E-state index in [1.165, 1.54) is 0 Å². The van der Waals surface area contributed by atoms with E-state index in [-0.39, 0.29) is 24.3 Å². The van der Waals surface area contributed by atoms with Crippen LogP contribution in [0.25, 0.3) is 0 Å². The molecule has 1 aromatic rings.